The van der Waals surface area contributed by atoms with Crippen LogP contribution >= 0.6 is 23.2 Å². The number of rotatable bonds is 12. The van der Waals surface area contributed by atoms with E-state index in [-0.39, 0.29) is 43.8 Å². The maximum absolute atomic E-state index is 13.3. The highest BCUT2D eigenvalue weighted by Gasteiger charge is 2.28. The van der Waals surface area contributed by atoms with Gasteiger partial charge in [0.25, 0.3) is 0 Å². The third-order valence-electron chi connectivity index (χ3n) is 5.75. The van der Waals surface area contributed by atoms with E-state index < -0.39 is 16.1 Å². The Labute approximate surface area is 218 Å². The van der Waals surface area contributed by atoms with Crippen LogP contribution in [0, 0.1) is 0 Å². The normalized spacial score (nSPS) is 13.1. The molecule has 0 bridgehead atoms. The predicted molar refractivity (Wildman–Crippen MR) is 142 cm³/mol. The number of nitrogens with zero attached hydrogens (tertiary/aromatic N) is 2. The monoisotopic (exact) mass is 541 g/mol. The van der Waals surface area contributed by atoms with Crippen molar-refractivity contribution in [1.82, 2.24) is 10.2 Å². The molecule has 0 unspecified atom stereocenters. The standard InChI is InChI=1S/C25H33Cl2N3O4S/c1-5-18(2)28-25(32)19(3)29(17-21-22(26)13-9-14-23(21)27)24(31)15-10-16-30(35(4,33)34)20-11-7-6-8-12-20/h6-9,11-14,18-19H,5,10,15-17H2,1-4H3,(H,28,32)/t18-,19-/m0/s1. The number of para-hydroxylation sites is 1. The van der Waals surface area contributed by atoms with E-state index in [9.17, 15) is 18.0 Å². The number of hydrogen-bond donors (Lipinski definition) is 1. The Morgan fingerprint density at radius 2 is 1.60 bits per heavy atom. The largest absolute Gasteiger partial charge is 0.352 e. The van der Waals surface area contributed by atoms with Crippen molar-refractivity contribution in [3.8, 4) is 0 Å². The number of benzene rings is 2. The first kappa shape index (κ1) is 28.9. The van der Waals surface area contributed by atoms with Gasteiger partial charge in [-0.15, -0.1) is 0 Å². The first-order valence-electron chi connectivity index (χ1n) is 11.5. The molecule has 0 aliphatic carbocycles. The summed E-state index contributed by atoms with van der Waals surface area (Å²) < 4.78 is 25.9. The summed E-state index contributed by atoms with van der Waals surface area (Å²) in [5, 5.41) is 3.71. The molecule has 0 saturated carbocycles. The summed E-state index contributed by atoms with van der Waals surface area (Å²) in [6, 6.07) is 13.0. The molecule has 2 rings (SSSR count). The van der Waals surface area contributed by atoms with Crippen LogP contribution < -0.4 is 9.62 Å². The fourth-order valence-corrected chi connectivity index (χ4v) is 4.98. The van der Waals surface area contributed by atoms with Gasteiger partial charge in [-0.05, 0) is 51.0 Å². The minimum absolute atomic E-state index is 0.0417. The van der Waals surface area contributed by atoms with Crippen molar-refractivity contribution in [2.75, 3.05) is 17.1 Å². The van der Waals surface area contributed by atoms with Gasteiger partial charge in [-0.25, -0.2) is 8.42 Å². The molecule has 0 aliphatic heterocycles. The van der Waals surface area contributed by atoms with Crippen LogP contribution in [0.1, 0.15) is 45.6 Å². The lowest BCUT2D eigenvalue weighted by molar-refractivity contribution is -0.140. The summed E-state index contributed by atoms with van der Waals surface area (Å²) in [7, 11) is -3.53. The lowest BCUT2D eigenvalue weighted by Gasteiger charge is -2.30. The molecule has 2 amide bonds. The molecule has 2 aromatic carbocycles. The highest BCUT2D eigenvalue weighted by atomic mass is 35.5. The van der Waals surface area contributed by atoms with Crippen molar-refractivity contribution < 1.29 is 18.0 Å². The van der Waals surface area contributed by atoms with Gasteiger partial charge >= 0.3 is 0 Å². The number of carbonyl (C=O) groups excluding carboxylic acids is 2. The Balaban J connectivity index is 2.21. The van der Waals surface area contributed by atoms with E-state index in [0.717, 1.165) is 12.7 Å². The molecule has 35 heavy (non-hydrogen) atoms. The zero-order valence-corrected chi connectivity index (χ0v) is 22.8. The van der Waals surface area contributed by atoms with Crippen molar-refractivity contribution in [3.63, 3.8) is 0 Å². The smallest absolute Gasteiger partial charge is 0.242 e. The number of amides is 2. The maximum Gasteiger partial charge on any atom is 0.242 e. The van der Waals surface area contributed by atoms with Crippen LogP contribution in [0.3, 0.4) is 0 Å². The Kier molecular flexibility index (Phi) is 10.9. The number of sulfonamides is 1. The zero-order chi connectivity index (χ0) is 26.2. The first-order valence-corrected chi connectivity index (χ1v) is 14.1. The molecular weight excluding hydrogens is 509 g/mol. The van der Waals surface area contributed by atoms with E-state index in [1.807, 2.05) is 13.8 Å². The highest BCUT2D eigenvalue weighted by Crippen LogP contribution is 2.27. The van der Waals surface area contributed by atoms with Gasteiger partial charge in [0.2, 0.25) is 21.8 Å². The topological polar surface area (TPSA) is 86.8 Å². The van der Waals surface area contributed by atoms with Crippen molar-refractivity contribution in [1.29, 1.82) is 0 Å². The molecule has 0 aliphatic rings. The average molecular weight is 543 g/mol. The summed E-state index contributed by atoms with van der Waals surface area (Å²) >= 11 is 12.7. The van der Waals surface area contributed by atoms with E-state index in [4.69, 9.17) is 23.2 Å². The van der Waals surface area contributed by atoms with Gasteiger partial charge < -0.3 is 10.2 Å². The number of halogens is 2. The van der Waals surface area contributed by atoms with Crippen molar-refractivity contribution >= 4 is 50.7 Å². The van der Waals surface area contributed by atoms with E-state index in [1.54, 1.807) is 55.5 Å². The van der Waals surface area contributed by atoms with Gasteiger partial charge in [0.15, 0.2) is 0 Å². The molecule has 0 radical (unpaired) electrons. The summed E-state index contributed by atoms with van der Waals surface area (Å²) in [5.74, 6) is -0.577. The van der Waals surface area contributed by atoms with Crippen LogP contribution in [0.4, 0.5) is 5.69 Å². The summed E-state index contributed by atoms with van der Waals surface area (Å²) in [4.78, 5) is 27.6. The Hall–Kier alpha value is -2.29. The predicted octanol–water partition coefficient (Wildman–Crippen LogP) is 4.87. The molecule has 0 spiro atoms. The Morgan fingerprint density at radius 3 is 2.14 bits per heavy atom. The minimum atomic E-state index is -3.53. The van der Waals surface area contributed by atoms with Crippen LogP contribution in [0.5, 0.6) is 0 Å². The molecule has 2 atom stereocenters. The molecular formula is C25H33Cl2N3O4S. The van der Waals surface area contributed by atoms with Gasteiger partial charge in [0.1, 0.15) is 6.04 Å². The Morgan fingerprint density at radius 1 is 1.00 bits per heavy atom. The van der Waals surface area contributed by atoms with Gasteiger partial charge in [-0.2, -0.15) is 0 Å². The molecule has 1 N–H and O–H groups in total. The van der Waals surface area contributed by atoms with Crippen LogP contribution in [-0.2, 0) is 26.2 Å². The van der Waals surface area contributed by atoms with Gasteiger partial charge in [-0.3, -0.25) is 13.9 Å². The highest BCUT2D eigenvalue weighted by molar-refractivity contribution is 7.92. The first-order chi connectivity index (χ1) is 16.5. The molecule has 10 heteroatoms. The lowest BCUT2D eigenvalue weighted by atomic mass is 10.1. The second-order valence-corrected chi connectivity index (χ2v) is 11.2. The van der Waals surface area contributed by atoms with Crippen molar-refractivity contribution in [3.05, 3.63) is 64.1 Å². The lowest BCUT2D eigenvalue weighted by Crippen LogP contribution is -2.49. The van der Waals surface area contributed by atoms with E-state index in [0.29, 0.717) is 21.3 Å². The molecule has 0 saturated heterocycles. The molecule has 2 aromatic rings. The molecule has 0 fully saturated rings. The average Bonchev–Trinajstić information content (AvgIpc) is 2.80. The quantitative estimate of drug-likeness (QED) is 0.415. The second-order valence-electron chi connectivity index (χ2n) is 8.49. The molecule has 0 aromatic heterocycles. The number of anilines is 1. The van der Waals surface area contributed by atoms with Crippen LogP contribution in [0.25, 0.3) is 0 Å². The van der Waals surface area contributed by atoms with Crippen molar-refractivity contribution in [2.45, 2.75) is 58.7 Å². The summed E-state index contributed by atoms with van der Waals surface area (Å²) in [6.07, 6.45) is 2.20. The van der Waals surface area contributed by atoms with Gasteiger partial charge in [0, 0.05) is 41.2 Å². The van der Waals surface area contributed by atoms with Crippen LogP contribution in [-0.4, -0.2) is 50.0 Å². The SMILES string of the molecule is CC[C@H](C)NC(=O)[C@H](C)N(Cc1c(Cl)cccc1Cl)C(=O)CCCN(c1ccccc1)S(C)(=O)=O. The van der Waals surface area contributed by atoms with Crippen LogP contribution in [0.15, 0.2) is 48.5 Å². The molecule has 192 valence electrons. The third kappa shape index (κ3) is 8.40. The van der Waals surface area contributed by atoms with E-state index in [1.165, 1.54) is 9.21 Å². The number of nitrogens with one attached hydrogen (secondary N) is 1. The Bertz CT molecular complexity index is 1090. The fraction of sp³-hybridized carbons (Fsp3) is 0.440. The fourth-order valence-electron chi connectivity index (χ4n) is 3.50. The van der Waals surface area contributed by atoms with Gasteiger partial charge in [0.05, 0.1) is 11.9 Å². The minimum Gasteiger partial charge on any atom is -0.352 e. The maximum atomic E-state index is 13.3. The third-order valence-corrected chi connectivity index (χ3v) is 7.66. The van der Waals surface area contributed by atoms with Crippen molar-refractivity contribution in [2.24, 2.45) is 0 Å². The number of hydrogen-bond acceptors (Lipinski definition) is 4. The summed E-state index contributed by atoms with van der Waals surface area (Å²) in [6.45, 7) is 5.70. The van der Waals surface area contributed by atoms with Gasteiger partial charge in [-0.1, -0.05) is 54.4 Å². The van der Waals surface area contributed by atoms with E-state index >= 15 is 0 Å². The number of carbonyl (C=O) groups is 2. The molecule has 0 heterocycles. The van der Waals surface area contributed by atoms with E-state index in [2.05, 4.69) is 5.32 Å². The molecule has 7 nitrogen and oxygen atoms in total. The second kappa shape index (κ2) is 13.1. The van der Waals surface area contributed by atoms with Crippen LogP contribution in [0.2, 0.25) is 10.0 Å². The zero-order valence-electron chi connectivity index (χ0n) is 20.5. The summed E-state index contributed by atoms with van der Waals surface area (Å²) in [5.41, 5.74) is 1.08.